The van der Waals surface area contributed by atoms with E-state index in [0.29, 0.717) is 18.2 Å². The summed E-state index contributed by atoms with van der Waals surface area (Å²) in [7, 11) is 0. The number of nitrogens with zero attached hydrogens (tertiary/aromatic N) is 3. The fraction of sp³-hybridized carbons (Fsp3) is 0.471. The van der Waals surface area contributed by atoms with Gasteiger partial charge in [0.1, 0.15) is 11.6 Å². The number of hydrogen-bond donors (Lipinski definition) is 0. The lowest BCUT2D eigenvalue weighted by molar-refractivity contribution is 0.126. The average molecular weight is 305 g/mol. The zero-order valence-electron chi connectivity index (χ0n) is 12.6. The van der Waals surface area contributed by atoms with Gasteiger partial charge in [-0.25, -0.2) is 8.78 Å². The van der Waals surface area contributed by atoms with Gasteiger partial charge in [0.05, 0.1) is 0 Å². The number of halogens is 2. The molecule has 0 aliphatic carbocycles. The van der Waals surface area contributed by atoms with Crippen molar-refractivity contribution >= 4 is 0 Å². The van der Waals surface area contributed by atoms with Crippen LogP contribution in [-0.4, -0.2) is 27.3 Å². The highest BCUT2D eigenvalue weighted by Gasteiger charge is 2.23. The molecule has 5 heteroatoms. The Morgan fingerprint density at radius 3 is 2.91 bits per heavy atom. The van der Waals surface area contributed by atoms with Gasteiger partial charge in [0.2, 0.25) is 0 Å². The van der Waals surface area contributed by atoms with E-state index in [2.05, 4.69) is 10.00 Å². The number of rotatable bonds is 5. The maximum Gasteiger partial charge on any atom is 0.130 e. The van der Waals surface area contributed by atoms with Gasteiger partial charge >= 0.3 is 0 Å². The van der Waals surface area contributed by atoms with Crippen molar-refractivity contribution in [2.24, 2.45) is 0 Å². The minimum absolute atomic E-state index is 0.433. The van der Waals surface area contributed by atoms with Crippen LogP contribution in [0.25, 0.3) is 0 Å². The minimum Gasteiger partial charge on any atom is -0.296 e. The topological polar surface area (TPSA) is 21.1 Å². The van der Waals surface area contributed by atoms with Gasteiger partial charge in [-0.05, 0) is 37.9 Å². The third-order valence-corrected chi connectivity index (χ3v) is 4.39. The highest BCUT2D eigenvalue weighted by molar-refractivity contribution is 5.18. The largest absolute Gasteiger partial charge is 0.296 e. The second-order valence-electron chi connectivity index (χ2n) is 5.91. The molecule has 1 aliphatic rings. The molecule has 0 amide bonds. The Bertz CT molecular complexity index is 598. The van der Waals surface area contributed by atoms with E-state index in [1.54, 1.807) is 12.3 Å². The van der Waals surface area contributed by atoms with Gasteiger partial charge in [0.25, 0.3) is 0 Å². The summed E-state index contributed by atoms with van der Waals surface area (Å²) in [6, 6.07) is 6.22. The van der Waals surface area contributed by atoms with Gasteiger partial charge in [-0.2, -0.15) is 5.10 Å². The van der Waals surface area contributed by atoms with Crippen LogP contribution >= 0.6 is 0 Å². The van der Waals surface area contributed by atoms with Crippen LogP contribution in [0.2, 0.25) is 0 Å². The fourth-order valence-corrected chi connectivity index (χ4v) is 3.18. The van der Waals surface area contributed by atoms with Gasteiger partial charge in [0, 0.05) is 43.2 Å². The Hall–Kier alpha value is -1.75. The molecule has 1 saturated heterocycles. The van der Waals surface area contributed by atoms with Gasteiger partial charge in [-0.1, -0.05) is 12.5 Å². The summed E-state index contributed by atoms with van der Waals surface area (Å²) in [5, 5.41) is 4.23. The van der Waals surface area contributed by atoms with E-state index in [-0.39, 0.29) is 0 Å². The van der Waals surface area contributed by atoms with Crippen LogP contribution < -0.4 is 0 Å². The van der Waals surface area contributed by atoms with Gasteiger partial charge < -0.3 is 0 Å². The van der Waals surface area contributed by atoms with Crippen LogP contribution in [0.5, 0.6) is 0 Å². The van der Waals surface area contributed by atoms with Crippen LogP contribution in [0, 0.1) is 11.6 Å². The van der Waals surface area contributed by atoms with Gasteiger partial charge in [0.15, 0.2) is 0 Å². The maximum absolute atomic E-state index is 13.9. The Morgan fingerprint density at radius 2 is 2.14 bits per heavy atom. The quantitative estimate of drug-likeness (QED) is 0.841. The molecule has 3 rings (SSSR count). The molecule has 3 nitrogen and oxygen atoms in total. The molecule has 0 radical (unpaired) electrons. The molecule has 0 bridgehead atoms. The number of piperidine rings is 1. The predicted molar refractivity (Wildman–Crippen MR) is 81.3 cm³/mol. The molecule has 118 valence electrons. The zero-order chi connectivity index (χ0) is 15.4. The number of aromatic nitrogens is 2. The lowest BCUT2D eigenvalue weighted by Gasteiger charge is -2.36. The second-order valence-corrected chi connectivity index (χ2v) is 5.91. The Morgan fingerprint density at radius 1 is 1.23 bits per heavy atom. The first-order chi connectivity index (χ1) is 10.7. The fourth-order valence-electron chi connectivity index (χ4n) is 3.18. The normalized spacial score (nSPS) is 19.5. The Balaban J connectivity index is 1.64. The molecule has 1 fully saturated rings. The summed E-state index contributed by atoms with van der Waals surface area (Å²) in [5.74, 6) is -0.966. The van der Waals surface area contributed by atoms with E-state index in [9.17, 15) is 8.78 Å². The van der Waals surface area contributed by atoms with Gasteiger partial charge in [-0.3, -0.25) is 9.58 Å². The van der Waals surface area contributed by atoms with Crippen LogP contribution in [-0.2, 0) is 13.1 Å². The number of likely N-dealkylation sites (tertiary alicyclic amines) is 1. The summed E-state index contributed by atoms with van der Waals surface area (Å²) < 4.78 is 28.8. The standard InChI is InChI=1S/C17H21F2N3/c18-15-6-5-14(17(19)12-15)13-21-9-2-1-4-16(21)7-11-22-10-3-8-20-22/h3,5-6,8,10,12,16H,1-2,4,7,9,11,13H2/t16-/m1/s1. The maximum atomic E-state index is 13.9. The summed E-state index contributed by atoms with van der Waals surface area (Å²) >= 11 is 0. The van der Waals surface area contributed by atoms with E-state index < -0.39 is 11.6 Å². The molecule has 2 heterocycles. The molecule has 1 aromatic carbocycles. The number of benzene rings is 1. The Labute approximate surface area is 129 Å². The van der Waals surface area contributed by atoms with Crippen molar-refractivity contribution in [2.75, 3.05) is 6.54 Å². The minimum atomic E-state index is -0.518. The van der Waals surface area contributed by atoms with Crippen LogP contribution in [0.15, 0.2) is 36.7 Å². The van der Waals surface area contributed by atoms with E-state index >= 15 is 0 Å². The van der Waals surface area contributed by atoms with Crippen LogP contribution in [0.3, 0.4) is 0 Å². The average Bonchev–Trinajstić information content (AvgIpc) is 3.02. The highest BCUT2D eigenvalue weighted by atomic mass is 19.1. The first kappa shape index (κ1) is 15.2. The molecule has 1 aromatic heterocycles. The van der Waals surface area contributed by atoms with Crippen molar-refractivity contribution in [3.8, 4) is 0 Å². The number of hydrogen-bond acceptors (Lipinski definition) is 2. The van der Waals surface area contributed by atoms with Crippen molar-refractivity contribution in [2.45, 2.75) is 44.8 Å². The first-order valence-corrected chi connectivity index (χ1v) is 7.88. The first-order valence-electron chi connectivity index (χ1n) is 7.88. The molecule has 0 N–H and O–H groups in total. The SMILES string of the molecule is Fc1ccc(CN2CCCC[C@@H]2CCn2cccn2)c(F)c1. The molecule has 1 atom stereocenters. The molecule has 0 unspecified atom stereocenters. The molecule has 2 aromatic rings. The molecular formula is C17H21F2N3. The van der Waals surface area contributed by atoms with E-state index in [1.807, 2.05) is 16.9 Å². The molecule has 0 saturated carbocycles. The van der Waals surface area contributed by atoms with Crippen LogP contribution in [0.1, 0.15) is 31.2 Å². The second kappa shape index (κ2) is 7.01. The zero-order valence-corrected chi connectivity index (χ0v) is 12.6. The van der Waals surface area contributed by atoms with Crippen molar-refractivity contribution in [1.82, 2.24) is 14.7 Å². The third-order valence-electron chi connectivity index (χ3n) is 4.39. The van der Waals surface area contributed by atoms with Crippen molar-refractivity contribution in [3.05, 3.63) is 53.9 Å². The van der Waals surface area contributed by atoms with Crippen LogP contribution in [0.4, 0.5) is 8.78 Å². The summed E-state index contributed by atoms with van der Waals surface area (Å²) in [6.45, 7) is 2.40. The smallest absolute Gasteiger partial charge is 0.130 e. The summed E-state index contributed by atoms with van der Waals surface area (Å²) in [4.78, 5) is 2.32. The van der Waals surface area contributed by atoms with E-state index in [0.717, 1.165) is 38.4 Å². The Kier molecular flexibility index (Phi) is 4.83. The predicted octanol–water partition coefficient (Wildman–Crippen LogP) is 3.61. The molecule has 22 heavy (non-hydrogen) atoms. The lowest BCUT2D eigenvalue weighted by atomic mass is 9.98. The summed E-state index contributed by atoms with van der Waals surface area (Å²) in [5.41, 5.74) is 0.576. The van der Waals surface area contributed by atoms with E-state index in [4.69, 9.17) is 0 Å². The van der Waals surface area contributed by atoms with E-state index in [1.165, 1.54) is 12.5 Å². The lowest BCUT2D eigenvalue weighted by Crippen LogP contribution is -2.39. The third kappa shape index (κ3) is 3.71. The van der Waals surface area contributed by atoms with Crippen molar-refractivity contribution in [1.29, 1.82) is 0 Å². The highest BCUT2D eigenvalue weighted by Crippen LogP contribution is 2.23. The van der Waals surface area contributed by atoms with Crippen molar-refractivity contribution < 1.29 is 8.78 Å². The molecule has 1 aliphatic heterocycles. The molecule has 0 spiro atoms. The van der Waals surface area contributed by atoms with Gasteiger partial charge in [-0.15, -0.1) is 0 Å². The number of aryl methyl sites for hydroxylation is 1. The van der Waals surface area contributed by atoms with Crippen molar-refractivity contribution in [3.63, 3.8) is 0 Å². The monoisotopic (exact) mass is 305 g/mol. The molecular weight excluding hydrogens is 284 g/mol. The summed E-state index contributed by atoms with van der Waals surface area (Å²) in [6.07, 6.45) is 8.24.